The number of anilines is 1. The molecule has 1 heterocycles. The molecule has 26 heavy (non-hydrogen) atoms. The molecule has 0 aromatic heterocycles. The number of nitrogens with one attached hydrogen (secondary N) is 1. The third kappa shape index (κ3) is 3.49. The van der Waals surface area contributed by atoms with Crippen LogP contribution >= 0.6 is 0 Å². The second-order valence-corrected chi connectivity index (χ2v) is 6.03. The van der Waals surface area contributed by atoms with E-state index in [1.807, 2.05) is 30.3 Å². The van der Waals surface area contributed by atoms with Crippen LogP contribution < -0.4 is 19.7 Å². The minimum atomic E-state index is -0.563. The van der Waals surface area contributed by atoms with Crippen molar-refractivity contribution in [2.24, 2.45) is 0 Å². The Kier molecular flexibility index (Phi) is 5.41. The predicted molar refractivity (Wildman–Crippen MR) is 98.8 cm³/mol. The number of nitrogens with zero attached hydrogens (tertiary/aromatic N) is 1. The summed E-state index contributed by atoms with van der Waals surface area (Å²) in [5.41, 5.74) is 1.19. The highest BCUT2D eigenvalue weighted by Gasteiger charge is 2.31. The highest BCUT2D eigenvalue weighted by atomic mass is 16.5. The van der Waals surface area contributed by atoms with Crippen molar-refractivity contribution in [2.75, 3.05) is 25.7 Å². The lowest BCUT2D eigenvalue weighted by Gasteiger charge is -2.32. The number of methoxy groups -OCH3 is 2. The van der Waals surface area contributed by atoms with E-state index in [2.05, 4.69) is 5.32 Å². The molecular formula is C20H22N2O4. The van der Waals surface area contributed by atoms with Crippen molar-refractivity contribution >= 4 is 17.5 Å². The van der Waals surface area contributed by atoms with Crippen LogP contribution in [0, 0.1) is 0 Å². The van der Waals surface area contributed by atoms with E-state index in [4.69, 9.17) is 9.47 Å². The van der Waals surface area contributed by atoms with Gasteiger partial charge in [0, 0.05) is 12.2 Å². The molecule has 6 nitrogen and oxygen atoms in total. The molecule has 2 amide bonds. The van der Waals surface area contributed by atoms with E-state index in [9.17, 15) is 9.59 Å². The average molecular weight is 354 g/mol. The third-order valence-corrected chi connectivity index (χ3v) is 4.46. The van der Waals surface area contributed by atoms with Gasteiger partial charge in [0.15, 0.2) is 11.5 Å². The summed E-state index contributed by atoms with van der Waals surface area (Å²) >= 11 is 0. The number of carbonyl (C=O) groups excluding carboxylic acids is 2. The van der Waals surface area contributed by atoms with E-state index in [1.165, 1.54) is 14.2 Å². The zero-order chi connectivity index (χ0) is 18.5. The molecule has 1 N–H and O–H groups in total. The first-order valence-electron chi connectivity index (χ1n) is 8.54. The summed E-state index contributed by atoms with van der Waals surface area (Å²) in [5.74, 6) is 0.378. The topological polar surface area (TPSA) is 67.9 Å². The second-order valence-electron chi connectivity index (χ2n) is 6.03. The Morgan fingerprint density at radius 2 is 1.85 bits per heavy atom. The number of rotatable bonds is 5. The van der Waals surface area contributed by atoms with Gasteiger partial charge in [0.25, 0.3) is 5.91 Å². The number of ether oxygens (including phenoxy) is 2. The fraction of sp³-hybridized carbons (Fsp3) is 0.300. The molecule has 0 spiro atoms. The number of hydrogen-bond donors (Lipinski definition) is 1. The molecule has 0 saturated carbocycles. The largest absolute Gasteiger partial charge is 0.493 e. The zero-order valence-electron chi connectivity index (χ0n) is 14.9. The molecule has 1 atom stereocenters. The van der Waals surface area contributed by atoms with Crippen LogP contribution in [0.3, 0.4) is 0 Å². The van der Waals surface area contributed by atoms with Gasteiger partial charge in [-0.1, -0.05) is 24.3 Å². The number of hydrogen-bond acceptors (Lipinski definition) is 4. The Morgan fingerprint density at radius 1 is 1.08 bits per heavy atom. The normalized spacial score (nSPS) is 16.9. The van der Waals surface area contributed by atoms with E-state index in [1.54, 1.807) is 23.1 Å². The molecule has 1 aliphatic heterocycles. The number of para-hydroxylation sites is 2. The lowest BCUT2D eigenvalue weighted by Crippen LogP contribution is -2.52. The molecule has 2 aromatic rings. The standard InChI is InChI=1S/C20H22N2O4/c1-25-17-12-6-10-15(18(17)26-2)19(23)21-16-11-7-13-22(20(16)24)14-8-4-3-5-9-14/h3-6,8-10,12,16H,7,11,13H2,1-2H3,(H,21,23). The predicted octanol–water partition coefficient (Wildman–Crippen LogP) is 2.63. The first-order chi connectivity index (χ1) is 12.7. The van der Waals surface area contributed by atoms with Crippen LogP contribution in [0.4, 0.5) is 5.69 Å². The van der Waals surface area contributed by atoms with Crippen LogP contribution in [0.25, 0.3) is 0 Å². The van der Waals surface area contributed by atoms with Gasteiger partial charge in [0.2, 0.25) is 5.91 Å². The Morgan fingerprint density at radius 3 is 2.54 bits per heavy atom. The fourth-order valence-corrected chi connectivity index (χ4v) is 3.18. The summed E-state index contributed by atoms with van der Waals surface area (Å²) in [6.07, 6.45) is 1.43. The molecule has 1 unspecified atom stereocenters. The van der Waals surface area contributed by atoms with Crippen LogP contribution in [0.5, 0.6) is 11.5 Å². The summed E-state index contributed by atoms with van der Waals surface area (Å²) in [4.78, 5) is 27.3. The maximum absolute atomic E-state index is 12.8. The van der Waals surface area contributed by atoms with Gasteiger partial charge in [-0.25, -0.2) is 0 Å². The molecule has 0 aliphatic carbocycles. The molecule has 0 bridgehead atoms. The van der Waals surface area contributed by atoms with Crippen LogP contribution in [-0.4, -0.2) is 38.6 Å². The van der Waals surface area contributed by atoms with Gasteiger partial charge in [0.1, 0.15) is 6.04 Å². The van der Waals surface area contributed by atoms with E-state index in [0.717, 1.165) is 12.1 Å². The Bertz CT molecular complexity index is 792. The summed E-state index contributed by atoms with van der Waals surface area (Å²) in [5, 5.41) is 2.84. The maximum atomic E-state index is 12.8. The SMILES string of the molecule is COc1cccc(C(=O)NC2CCCN(c3ccccc3)C2=O)c1OC. The van der Waals surface area contributed by atoms with Crippen LogP contribution in [0.1, 0.15) is 23.2 Å². The highest BCUT2D eigenvalue weighted by molar-refractivity contribution is 6.04. The summed E-state index contributed by atoms with van der Waals surface area (Å²) in [6.45, 7) is 0.650. The lowest BCUT2D eigenvalue weighted by molar-refractivity contribution is -0.121. The average Bonchev–Trinajstić information content (AvgIpc) is 2.69. The van der Waals surface area contributed by atoms with Crippen LogP contribution in [0.15, 0.2) is 48.5 Å². The lowest BCUT2D eigenvalue weighted by atomic mass is 10.0. The molecule has 0 radical (unpaired) electrons. The van der Waals surface area contributed by atoms with E-state index < -0.39 is 6.04 Å². The number of carbonyl (C=O) groups is 2. The smallest absolute Gasteiger partial charge is 0.255 e. The summed E-state index contributed by atoms with van der Waals surface area (Å²) < 4.78 is 10.5. The summed E-state index contributed by atoms with van der Waals surface area (Å²) in [6, 6.07) is 14.0. The molecule has 1 saturated heterocycles. The quantitative estimate of drug-likeness (QED) is 0.896. The first kappa shape index (κ1) is 17.8. The van der Waals surface area contributed by atoms with Crippen molar-refractivity contribution < 1.29 is 19.1 Å². The zero-order valence-corrected chi connectivity index (χ0v) is 14.9. The van der Waals surface area contributed by atoms with E-state index in [0.29, 0.717) is 30.0 Å². The molecule has 1 fully saturated rings. The Labute approximate surface area is 152 Å². The molecular weight excluding hydrogens is 332 g/mol. The minimum Gasteiger partial charge on any atom is -0.493 e. The highest BCUT2D eigenvalue weighted by Crippen LogP contribution is 2.31. The number of piperidine rings is 1. The van der Waals surface area contributed by atoms with Gasteiger partial charge in [-0.2, -0.15) is 0 Å². The van der Waals surface area contributed by atoms with Gasteiger partial charge < -0.3 is 19.7 Å². The van der Waals surface area contributed by atoms with Crippen molar-refractivity contribution in [1.29, 1.82) is 0 Å². The van der Waals surface area contributed by atoms with Gasteiger partial charge in [-0.3, -0.25) is 9.59 Å². The van der Waals surface area contributed by atoms with Crippen molar-refractivity contribution in [2.45, 2.75) is 18.9 Å². The molecule has 6 heteroatoms. The van der Waals surface area contributed by atoms with Gasteiger partial charge in [0.05, 0.1) is 19.8 Å². The monoisotopic (exact) mass is 354 g/mol. The van der Waals surface area contributed by atoms with Crippen LogP contribution in [0.2, 0.25) is 0 Å². The number of benzene rings is 2. The van der Waals surface area contributed by atoms with E-state index in [-0.39, 0.29) is 11.8 Å². The fourth-order valence-electron chi connectivity index (χ4n) is 3.18. The molecule has 3 rings (SSSR count). The van der Waals surface area contributed by atoms with Crippen molar-refractivity contribution in [3.05, 3.63) is 54.1 Å². The molecule has 1 aliphatic rings. The minimum absolute atomic E-state index is 0.0994. The second kappa shape index (κ2) is 7.91. The Hall–Kier alpha value is -3.02. The van der Waals surface area contributed by atoms with Crippen molar-refractivity contribution in [1.82, 2.24) is 5.32 Å². The summed E-state index contributed by atoms with van der Waals surface area (Å²) in [7, 11) is 3.00. The van der Waals surface area contributed by atoms with Gasteiger partial charge in [-0.15, -0.1) is 0 Å². The molecule has 136 valence electrons. The third-order valence-electron chi connectivity index (χ3n) is 4.46. The van der Waals surface area contributed by atoms with E-state index >= 15 is 0 Å². The van der Waals surface area contributed by atoms with Gasteiger partial charge >= 0.3 is 0 Å². The first-order valence-corrected chi connectivity index (χ1v) is 8.54. The Balaban J connectivity index is 1.78. The van der Waals surface area contributed by atoms with Crippen molar-refractivity contribution in [3.8, 4) is 11.5 Å². The molecule has 2 aromatic carbocycles. The van der Waals surface area contributed by atoms with Crippen molar-refractivity contribution in [3.63, 3.8) is 0 Å². The van der Waals surface area contributed by atoms with Crippen LogP contribution in [-0.2, 0) is 4.79 Å². The maximum Gasteiger partial charge on any atom is 0.255 e. The van der Waals surface area contributed by atoms with Gasteiger partial charge in [-0.05, 0) is 37.1 Å². The number of amides is 2.